The lowest BCUT2D eigenvalue weighted by Gasteiger charge is -2.40. The van der Waals surface area contributed by atoms with Crippen LogP contribution in [-0.4, -0.2) is 41.3 Å². The van der Waals surface area contributed by atoms with Gasteiger partial charge in [0, 0.05) is 43.2 Å². The van der Waals surface area contributed by atoms with Crippen LogP contribution in [0.3, 0.4) is 0 Å². The number of fused-ring (bicyclic) bond motifs is 1. The van der Waals surface area contributed by atoms with Crippen molar-refractivity contribution in [2.24, 2.45) is 5.92 Å². The molecule has 1 aliphatic heterocycles. The monoisotopic (exact) mass is 420 g/mol. The lowest BCUT2D eigenvalue weighted by atomic mass is 9.81. The minimum absolute atomic E-state index is 0.00375. The van der Waals surface area contributed by atoms with Crippen LogP contribution in [0, 0.1) is 5.92 Å². The molecular weight excluding hydrogens is 388 g/mol. The molecule has 2 aromatic carbocycles. The van der Waals surface area contributed by atoms with Crippen LogP contribution in [0.4, 0.5) is 5.69 Å². The highest BCUT2D eigenvalue weighted by Crippen LogP contribution is 2.34. The highest BCUT2D eigenvalue weighted by molar-refractivity contribution is 6.01. The van der Waals surface area contributed by atoms with Crippen molar-refractivity contribution in [1.82, 2.24) is 4.90 Å². The molecule has 1 fully saturated rings. The van der Waals surface area contributed by atoms with Gasteiger partial charge in [-0.3, -0.25) is 9.59 Å². The third kappa shape index (κ3) is 4.89. The zero-order valence-electron chi connectivity index (χ0n) is 18.3. The van der Waals surface area contributed by atoms with Crippen molar-refractivity contribution in [3.63, 3.8) is 0 Å². The van der Waals surface area contributed by atoms with Gasteiger partial charge in [0.2, 0.25) is 5.91 Å². The number of likely N-dealkylation sites (tertiary alicyclic amines) is 1. The van der Waals surface area contributed by atoms with Gasteiger partial charge in [-0.1, -0.05) is 37.3 Å². The summed E-state index contributed by atoms with van der Waals surface area (Å²) in [6, 6.07) is 15.6. The number of aryl methyl sites for hydroxylation is 1. The van der Waals surface area contributed by atoms with Crippen molar-refractivity contribution in [2.75, 3.05) is 25.0 Å². The molecule has 0 aromatic heterocycles. The third-order valence-corrected chi connectivity index (χ3v) is 6.74. The number of benzene rings is 2. The highest BCUT2D eigenvalue weighted by atomic mass is 16.3. The standard InChI is InChI=1S/C26H32N2O3/c1-2-6-24(29)27-22-11-12-23-19(17-22)9-10-20(25(23)30)18-28-15-13-26(31,14-16-28)21-7-4-3-5-8-21/h3-5,7-8,11-12,17,20,31H,2,6,9-10,13-16,18H2,1H3,(H,27,29). The molecule has 1 heterocycles. The van der Waals surface area contributed by atoms with Crippen LogP contribution in [-0.2, 0) is 16.8 Å². The number of piperidine rings is 1. The molecule has 1 aliphatic carbocycles. The molecule has 1 amide bonds. The average molecular weight is 421 g/mol. The lowest BCUT2D eigenvalue weighted by molar-refractivity contribution is -0.116. The molecule has 1 unspecified atom stereocenters. The number of carbonyl (C=O) groups is 2. The first-order chi connectivity index (χ1) is 15.0. The van der Waals surface area contributed by atoms with Gasteiger partial charge in [-0.25, -0.2) is 0 Å². The van der Waals surface area contributed by atoms with E-state index in [2.05, 4.69) is 10.2 Å². The van der Waals surface area contributed by atoms with Crippen LogP contribution in [0.15, 0.2) is 48.5 Å². The molecule has 0 bridgehead atoms. The number of amides is 1. The van der Waals surface area contributed by atoms with Crippen LogP contribution < -0.4 is 5.32 Å². The van der Waals surface area contributed by atoms with E-state index in [1.807, 2.05) is 55.5 Å². The van der Waals surface area contributed by atoms with Gasteiger partial charge in [0.15, 0.2) is 5.78 Å². The van der Waals surface area contributed by atoms with Crippen LogP contribution in [0.5, 0.6) is 0 Å². The van der Waals surface area contributed by atoms with Crippen molar-refractivity contribution >= 4 is 17.4 Å². The Hall–Kier alpha value is -2.50. The zero-order valence-corrected chi connectivity index (χ0v) is 18.3. The van der Waals surface area contributed by atoms with Crippen LogP contribution >= 0.6 is 0 Å². The summed E-state index contributed by atoms with van der Waals surface area (Å²) in [5.41, 5.74) is 2.83. The number of anilines is 1. The van der Waals surface area contributed by atoms with Gasteiger partial charge in [-0.05, 0) is 61.4 Å². The van der Waals surface area contributed by atoms with E-state index in [0.29, 0.717) is 19.3 Å². The fraction of sp³-hybridized carbons (Fsp3) is 0.462. The summed E-state index contributed by atoms with van der Waals surface area (Å²) in [4.78, 5) is 27.3. The molecule has 164 valence electrons. The first kappa shape index (κ1) is 21.7. The summed E-state index contributed by atoms with van der Waals surface area (Å²) in [5.74, 6) is 0.218. The zero-order chi connectivity index (χ0) is 21.8. The predicted molar refractivity (Wildman–Crippen MR) is 122 cm³/mol. The molecule has 2 aliphatic rings. The largest absolute Gasteiger partial charge is 0.385 e. The molecule has 5 nitrogen and oxygen atoms in total. The number of nitrogens with one attached hydrogen (secondary N) is 1. The third-order valence-electron chi connectivity index (χ3n) is 6.74. The van der Waals surface area contributed by atoms with Gasteiger partial charge in [0.05, 0.1) is 5.60 Å². The molecule has 5 heteroatoms. The van der Waals surface area contributed by atoms with Crippen LogP contribution in [0.1, 0.15) is 60.5 Å². The van der Waals surface area contributed by atoms with Crippen molar-refractivity contribution in [2.45, 2.75) is 51.0 Å². The fourth-order valence-electron chi connectivity index (χ4n) is 4.88. The summed E-state index contributed by atoms with van der Waals surface area (Å²) in [7, 11) is 0. The van der Waals surface area contributed by atoms with Gasteiger partial charge in [-0.15, -0.1) is 0 Å². The Labute approximate surface area is 184 Å². The Morgan fingerprint density at radius 3 is 2.61 bits per heavy atom. The highest BCUT2D eigenvalue weighted by Gasteiger charge is 2.36. The number of Topliss-reactive ketones (excluding diaryl/α,β-unsaturated/α-hetero) is 1. The maximum Gasteiger partial charge on any atom is 0.224 e. The SMILES string of the molecule is CCCC(=O)Nc1ccc2c(c1)CCC(CN1CCC(O)(c3ccccc3)CC1)C2=O. The average Bonchev–Trinajstić information content (AvgIpc) is 2.78. The minimum Gasteiger partial charge on any atom is -0.385 e. The molecule has 2 aromatic rings. The van der Waals surface area contributed by atoms with Gasteiger partial charge in [0.25, 0.3) is 0 Å². The molecule has 4 rings (SSSR count). The smallest absolute Gasteiger partial charge is 0.224 e. The molecule has 0 radical (unpaired) electrons. The van der Waals surface area contributed by atoms with Crippen LogP contribution in [0.2, 0.25) is 0 Å². The number of aliphatic hydroxyl groups is 1. The molecular formula is C26H32N2O3. The first-order valence-electron chi connectivity index (χ1n) is 11.5. The summed E-state index contributed by atoms with van der Waals surface area (Å²) < 4.78 is 0. The van der Waals surface area contributed by atoms with E-state index in [9.17, 15) is 14.7 Å². The number of rotatable bonds is 6. The van der Waals surface area contributed by atoms with E-state index >= 15 is 0 Å². The molecule has 1 saturated heterocycles. The van der Waals surface area contributed by atoms with Gasteiger partial charge >= 0.3 is 0 Å². The fourth-order valence-corrected chi connectivity index (χ4v) is 4.88. The van der Waals surface area contributed by atoms with Crippen molar-refractivity contribution in [1.29, 1.82) is 0 Å². The van der Waals surface area contributed by atoms with E-state index in [0.717, 1.165) is 61.3 Å². The number of hydrogen-bond acceptors (Lipinski definition) is 4. The number of carbonyl (C=O) groups excluding carboxylic acids is 2. The first-order valence-corrected chi connectivity index (χ1v) is 11.5. The van der Waals surface area contributed by atoms with E-state index in [1.165, 1.54) is 0 Å². The predicted octanol–water partition coefficient (Wildman–Crippen LogP) is 4.15. The van der Waals surface area contributed by atoms with Gasteiger partial charge in [-0.2, -0.15) is 0 Å². The number of ketones is 1. The van der Waals surface area contributed by atoms with Crippen molar-refractivity contribution in [3.8, 4) is 0 Å². The lowest BCUT2D eigenvalue weighted by Crippen LogP contribution is -2.45. The van der Waals surface area contributed by atoms with Gasteiger partial charge in [0.1, 0.15) is 0 Å². The number of hydrogen-bond donors (Lipinski definition) is 2. The van der Waals surface area contributed by atoms with E-state index in [-0.39, 0.29) is 17.6 Å². The van der Waals surface area contributed by atoms with E-state index < -0.39 is 5.60 Å². The molecule has 1 atom stereocenters. The molecule has 2 N–H and O–H groups in total. The quantitative estimate of drug-likeness (QED) is 0.736. The topological polar surface area (TPSA) is 69.6 Å². The molecule has 31 heavy (non-hydrogen) atoms. The summed E-state index contributed by atoms with van der Waals surface area (Å²) in [5, 5.41) is 14.0. The van der Waals surface area contributed by atoms with Crippen molar-refractivity contribution in [3.05, 3.63) is 65.2 Å². The summed E-state index contributed by atoms with van der Waals surface area (Å²) >= 11 is 0. The Kier molecular flexibility index (Phi) is 6.54. The van der Waals surface area contributed by atoms with Crippen LogP contribution in [0.25, 0.3) is 0 Å². The maximum atomic E-state index is 13.1. The number of nitrogens with zero attached hydrogens (tertiary/aromatic N) is 1. The van der Waals surface area contributed by atoms with Gasteiger partial charge < -0.3 is 15.3 Å². The Balaban J connectivity index is 1.35. The Morgan fingerprint density at radius 2 is 1.90 bits per heavy atom. The van der Waals surface area contributed by atoms with E-state index in [1.54, 1.807) is 0 Å². The van der Waals surface area contributed by atoms with Crippen molar-refractivity contribution < 1.29 is 14.7 Å². The second-order valence-electron chi connectivity index (χ2n) is 8.97. The maximum absolute atomic E-state index is 13.1. The molecule has 0 saturated carbocycles. The summed E-state index contributed by atoms with van der Waals surface area (Å²) in [6.45, 7) is 4.32. The normalized spacial score (nSPS) is 20.8. The minimum atomic E-state index is -0.764. The Morgan fingerprint density at radius 1 is 1.16 bits per heavy atom. The summed E-state index contributed by atoms with van der Waals surface area (Å²) in [6.07, 6.45) is 4.39. The Bertz CT molecular complexity index is 933. The molecule has 0 spiro atoms. The second kappa shape index (κ2) is 9.33. The van der Waals surface area contributed by atoms with E-state index in [4.69, 9.17) is 0 Å². The second-order valence-corrected chi connectivity index (χ2v) is 8.97.